The molecule has 5 nitrogen and oxygen atoms in total. The molecule has 0 aliphatic heterocycles. The monoisotopic (exact) mass is 273 g/mol. The number of hydrogen-bond donors (Lipinski definition) is 1. The van der Waals surface area contributed by atoms with Crippen molar-refractivity contribution in [1.29, 1.82) is 0 Å². The van der Waals surface area contributed by atoms with Crippen molar-refractivity contribution < 1.29 is 4.74 Å². The average molecular weight is 273 g/mol. The maximum absolute atomic E-state index is 11.8. The molecule has 0 saturated heterocycles. The van der Waals surface area contributed by atoms with Crippen LogP contribution >= 0.6 is 0 Å². The van der Waals surface area contributed by atoms with Gasteiger partial charge in [-0.05, 0) is 50.6 Å². The van der Waals surface area contributed by atoms with Gasteiger partial charge in [-0.25, -0.2) is 4.79 Å². The summed E-state index contributed by atoms with van der Waals surface area (Å²) in [5.74, 6) is 0.783. The molecule has 1 heterocycles. The van der Waals surface area contributed by atoms with E-state index in [4.69, 9.17) is 10.5 Å². The van der Waals surface area contributed by atoms with Gasteiger partial charge >= 0.3 is 5.69 Å². The second-order valence-electron chi connectivity index (χ2n) is 4.74. The molecule has 5 heteroatoms. The van der Waals surface area contributed by atoms with Crippen molar-refractivity contribution in [2.24, 2.45) is 0 Å². The van der Waals surface area contributed by atoms with E-state index in [1.807, 2.05) is 32.0 Å². The van der Waals surface area contributed by atoms with E-state index in [0.717, 1.165) is 23.6 Å². The maximum atomic E-state index is 11.8. The summed E-state index contributed by atoms with van der Waals surface area (Å²) in [7, 11) is 0. The van der Waals surface area contributed by atoms with Gasteiger partial charge in [0, 0.05) is 23.6 Å². The topological polar surface area (TPSA) is 70.1 Å². The first-order valence-electron chi connectivity index (χ1n) is 6.59. The van der Waals surface area contributed by atoms with Crippen molar-refractivity contribution in [2.45, 2.75) is 26.8 Å². The summed E-state index contributed by atoms with van der Waals surface area (Å²) in [6.45, 7) is 4.89. The summed E-state index contributed by atoms with van der Waals surface area (Å²) < 4.78 is 7.26. The van der Waals surface area contributed by atoms with Crippen molar-refractivity contribution in [3.63, 3.8) is 0 Å². The Morgan fingerprint density at radius 1 is 1.25 bits per heavy atom. The van der Waals surface area contributed by atoms with Crippen molar-refractivity contribution >= 4 is 5.69 Å². The minimum Gasteiger partial charge on any atom is -0.494 e. The molecule has 20 heavy (non-hydrogen) atoms. The molecular formula is C15H19N3O2. The Hall–Kier alpha value is -2.30. The largest absolute Gasteiger partial charge is 0.494 e. The number of benzene rings is 1. The van der Waals surface area contributed by atoms with E-state index in [2.05, 4.69) is 4.98 Å². The van der Waals surface area contributed by atoms with Crippen LogP contribution in [-0.2, 0) is 6.54 Å². The maximum Gasteiger partial charge on any atom is 0.347 e. The molecule has 106 valence electrons. The molecule has 0 atom stereocenters. The Morgan fingerprint density at radius 3 is 2.60 bits per heavy atom. The summed E-state index contributed by atoms with van der Waals surface area (Å²) in [5.41, 5.74) is 7.79. The van der Waals surface area contributed by atoms with Gasteiger partial charge in [0.15, 0.2) is 0 Å². The van der Waals surface area contributed by atoms with Crippen LogP contribution in [0, 0.1) is 13.8 Å². The fraction of sp³-hybridized carbons (Fsp3) is 0.333. The number of nitrogens with two attached hydrogens (primary N) is 1. The first-order chi connectivity index (χ1) is 9.56. The Labute approximate surface area is 118 Å². The number of hydrogen-bond acceptors (Lipinski definition) is 4. The summed E-state index contributed by atoms with van der Waals surface area (Å²) in [4.78, 5) is 15.7. The highest BCUT2D eigenvalue weighted by Gasteiger charge is 2.02. The molecule has 0 unspecified atom stereocenters. The fourth-order valence-corrected chi connectivity index (χ4v) is 2.02. The highest BCUT2D eigenvalue weighted by Crippen LogP contribution is 2.13. The minimum absolute atomic E-state index is 0.199. The van der Waals surface area contributed by atoms with Crippen LogP contribution in [0.1, 0.15) is 17.8 Å². The van der Waals surface area contributed by atoms with Crippen LogP contribution in [-0.4, -0.2) is 16.2 Å². The Morgan fingerprint density at radius 2 is 1.95 bits per heavy atom. The van der Waals surface area contributed by atoms with Gasteiger partial charge in [-0.15, -0.1) is 0 Å². The second-order valence-corrected chi connectivity index (χ2v) is 4.74. The first kappa shape index (κ1) is 14.1. The van der Waals surface area contributed by atoms with Gasteiger partial charge in [0.25, 0.3) is 0 Å². The fourth-order valence-electron chi connectivity index (χ4n) is 2.02. The number of aryl methyl sites for hydroxylation is 2. The molecule has 2 rings (SSSR count). The van der Waals surface area contributed by atoms with Crippen LogP contribution < -0.4 is 16.2 Å². The molecule has 0 spiro atoms. The number of nitrogen functional groups attached to an aromatic ring is 1. The van der Waals surface area contributed by atoms with Crippen molar-refractivity contribution in [2.75, 3.05) is 12.3 Å². The van der Waals surface area contributed by atoms with E-state index < -0.39 is 0 Å². The van der Waals surface area contributed by atoms with Crippen molar-refractivity contribution in [1.82, 2.24) is 9.55 Å². The molecule has 1 aromatic heterocycles. The molecule has 1 aromatic carbocycles. The van der Waals surface area contributed by atoms with E-state index in [1.54, 1.807) is 16.7 Å². The second kappa shape index (κ2) is 6.23. The van der Waals surface area contributed by atoms with Crippen LogP contribution in [0.3, 0.4) is 0 Å². The van der Waals surface area contributed by atoms with Crippen LogP contribution in [0.4, 0.5) is 5.69 Å². The lowest BCUT2D eigenvalue weighted by Gasteiger charge is -2.10. The van der Waals surface area contributed by atoms with Gasteiger partial charge in [-0.1, -0.05) is 0 Å². The smallest absolute Gasteiger partial charge is 0.347 e. The van der Waals surface area contributed by atoms with Gasteiger partial charge in [-0.2, -0.15) is 4.98 Å². The molecule has 0 aliphatic carbocycles. The molecule has 0 bridgehead atoms. The Bertz CT molecular complexity index is 633. The molecular weight excluding hydrogens is 254 g/mol. The highest BCUT2D eigenvalue weighted by molar-refractivity contribution is 5.41. The van der Waals surface area contributed by atoms with E-state index in [0.29, 0.717) is 18.8 Å². The van der Waals surface area contributed by atoms with Gasteiger partial charge in [-0.3, -0.25) is 4.57 Å². The summed E-state index contributed by atoms with van der Waals surface area (Å²) >= 11 is 0. The molecule has 0 fully saturated rings. The average Bonchev–Trinajstić information content (AvgIpc) is 2.39. The molecule has 2 N–H and O–H groups in total. The van der Waals surface area contributed by atoms with Crippen LogP contribution in [0.2, 0.25) is 0 Å². The van der Waals surface area contributed by atoms with Gasteiger partial charge in [0.05, 0.1) is 6.61 Å². The van der Waals surface area contributed by atoms with E-state index in [-0.39, 0.29) is 5.69 Å². The number of rotatable bonds is 5. The summed E-state index contributed by atoms with van der Waals surface area (Å²) in [6, 6.07) is 9.17. The molecule has 0 aliphatic rings. The Kier molecular flexibility index (Phi) is 4.40. The molecule has 0 radical (unpaired) electrons. The Balaban J connectivity index is 1.87. The van der Waals surface area contributed by atoms with E-state index in [1.165, 1.54) is 0 Å². The van der Waals surface area contributed by atoms with E-state index >= 15 is 0 Å². The predicted molar refractivity (Wildman–Crippen MR) is 78.9 cm³/mol. The van der Waals surface area contributed by atoms with E-state index in [9.17, 15) is 4.79 Å². The summed E-state index contributed by atoms with van der Waals surface area (Å²) in [5, 5.41) is 0. The third-order valence-electron chi connectivity index (χ3n) is 3.02. The lowest BCUT2D eigenvalue weighted by atomic mass is 10.3. The number of aromatic nitrogens is 2. The zero-order valence-electron chi connectivity index (χ0n) is 11.8. The highest BCUT2D eigenvalue weighted by atomic mass is 16.5. The number of ether oxygens (including phenoxy) is 1. The van der Waals surface area contributed by atoms with Crippen molar-refractivity contribution in [3.8, 4) is 5.75 Å². The third kappa shape index (κ3) is 3.60. The van der Waals surface area contributed by atoms with Crippen LogP contribution in [0.15, 0.2) is 35.1 Å². The first-order valence-corrected chi connectivity index (χ1v) is 6.59. The summed E-state index contributed by atoms with van der Waals surface area (Å²) in [6.07, 6.45) is 0.746. The van der Waals surface area contributed by atoms with Gasteiger partial charge in [0.1, 0.15) is 5.75 Å². The molecule has 2 aromatic rings. The molecule has 0 saturated carbocycles. The van der Waals surface area contributed by atoms with Crippen LogP contribution in [0.25, 0.3) is 0 Å². The van der Waals surface area contributed by atoms with Crippen molar-refractivity contribution in [3.05, 3.63) is 52.2 Å². The van der Waals surface area contributed by atoms with Crippen LogP contribution in [0.5, 0.6) is 5.75 Å². The zero-order chi connectivity index (χ0) is 14.5. The quantitative estimate of drug-likeness (QED) is 0.667. The van der Waals surface area contributed by atoms with Gasteiger partial charge < -0.3 is 10.5 Å². The van der Waals surface area contributed by atoms with Gasteiger partial charge in [0.2, 0.25) is 0 Å². The molecule has 0 amide bonds. The third-order valence-corrected chi connectivity index (χ3v) is 3.02. The lowest BCUT2D eigenvalue weighted by molar-refractivity contribution is 0.300. The SMILES string of the molecule is Cc1cc(C)n(CCCOc2ccc(N)cc2)c(=O)n1. The normalized spacial score (nSPS) is 10.5. The standard InChI is InChI=1S/C15H19N3O2/c1-11-10-12(2)18(15(19)17-11)8-3-9-20-14-6-4-13(16)5-7-14/h4-7,10H,3,8-9,16H2,1-2H3. The lowest BCUT2D eigenvalue weighted by Crippen LogP contribution is -2.26. The zero-order valence-corrected chi connectivity index (χ0v) is 11.8. The minimum atomic E-state index is -0.199. The predicted octanol–water partition coefficient (Wildman–Crippen LogP) is 1.91. The number of nitrogens with zero attached hydrogens (tertiary/aromatic N) is 2. The number of anilines is 1.